The molecular formula is C19H18N2O5S2. The van der Waals surface area contributed by atoms with E-state index in [1.807, 2.05) is 23.6 Å². The molecule has 4 N–H and O–H groups in total. The molecule has 0 aliphatic carbocycles. The number of carbonyl (C=O) groups is 1. The van der Waals surface area contributed by atoms with Crippen molar-refractivity contribution < 1.29 is 24.9 Å². The summed E-state index contributed by atoms with van der Waals surface area (Å²) in [5.74, 6) is 0.124. The molecule has 0 fully saturated rings. The minimum Gasteiger partial charge on any atom is -0.482 e. The molecule has 3 atom stereocenters. The summed E-state index contributed by atoms with van der Waals surface area (Å²) in [6.45, 7) is 0.0510. The molecule has 0 saturated carbocycles. The number of aliphatic hydroxyl groups is 3. The maximum atomic E-state index is 12.4. The van der Waals surface area contributed by atoms with Crippen LogP contribution in [0.15, 0.2) is 41.8 Å². The summed E-state index contributed by atoms with van der Waals surface area (Å²) in [6.07, 6.45) is -1.88. The van der Waals surface area contributed by atoms with Crippen molar-refractivity contribution in [2.24, 2.45) is 0 Å². The molecule has 1 aliphatic heterocycles. The first-order valence-corrected chi connectivity index (χ1v) is 10.3. The van der Waals surface area contributed by atoms with Gasteiger partial charge in [-0.25, -0.2) is 4.98 Å². The summed E-state index contributed by atoms with van der Waals surface area (Å²) < 4.78 is 6.42. The predicted molar refractivity (Wildman–Crippen MR) is 107 cm³/mol. The van der Waals surface area contributed by atoms with Gasteiger partial charge in [-0.2, -0.15) is 0 Å². The van der Waals surface area contributed by atoms with Gasteiger partial charge in [-0.15, -0.1) is 22.7 Å². The van der Waals surface area contributed by atoms with Gasteiger partial charge in [-0.1, -0.05) is 6.07 Å². The van der Waals surface area contributed by atoms with E-state index in [0.29, 0.717) is 28.4 Å². The van der Waals surface area contributed by atoms with Crippen LogP contribution in [-0.4, -0.2) is 51.1 Å². The van der Waals surface area contributed by atoms with Crippen LogP contribution in [0.4, 0.5) is 0 Å². The standard InChI is InChI=1S/C19H18N2O5S2/c22-9-15-17(24)13(23)7-14(26-15)19-21-12-6-10(3-4-16(12)28-19)18(25)20-8-11-2-1-5-27-11/h1-7,13,15,17,22-24H,8-9H2,(H,20,25)/t13-,15-,17-/m1/s1. The Morgan fingerprint density at radius 1 is 1.29 bits per heavy atom. The first-order chi connectivity index (χ1) is 13.5. The zero-order valence-electron chi connectivity index (χ0n) is 14.6. The molecule has 146 valence electrons. The van der Waals surface area contributed by atoms with Gasteiger partial charge in [0.25, 0.3) is 5.91 Å². The number of rotatable bonds is 5. The largest absolute Gasteiger partial charge is 0.482 e. The number of carbonyl (C=O) groups excluding carboxylic acids is 1. The van der Waals surface area contributed by atoms with E-state index in [0.717, 1.165) is 9.58 Å². The Balaban J connectivity index is 1.55. The van der Waals surface area contributed by atoms with E-state index in [9.17, 15) is 20.1 Å². The summed E-state index contributed by atoms with van der Waals surface area (Å²) in [6, 6.07) is 9.16. The molecule has 0 saturated heterocycles. The highest BCUT2D eigenvalue weighted by Crippen LogP contribution is 2.32. The number of aliphatic hydroxyl groups excluding tert-OH is 3. The van der Waals surface area contributed by atoms with Crippen LogP contribution in [0.1, 0.15) is 20.2 Å². The fourth-order valence-corrected chi connectivity index (χ4v) is 4.43. The number of nitrogens with zero attached hydrogens (tertiary/aromatic N) is 1. The minimum atomic E-state index is -1.19. The fourth-order valence-electron chi connectivity index (χ4n) is 2.87. The SMILES string of the molecule is O=C(NCc1cccs1)c1ccc2sc(C3=C[C@@H](O)[C@@H](O)[C@@H](CO)O3)nc2c1. The summed E-state index contributed by atoms with van der Waals surface area (Å²) in [5.41, 5.74) is 1.14. The topological polar surface area (TPSA) is 112 Å². The Morgan fingerprint density at radius 3 is 2.89 bits per heavy atom. The lowest BCUT2D eigenvalue weighted by Crippen LogP contribution is -2.43. The number of nitrogens with one attached hydrogen (secondary N) is 1. The normalized spacial score (nSPS) is 22.0. The number of hydrogen-bond acceptors (Lipinski definition) is 8. The Hall–Kier alpha value is -2.30. The second-order valence-electron chi connectivity index (χ2n) is 6.31. The highest BCUT2D eigenvalue weighted by atomic mass is 32.1. The summed E-state index contributed by atoms with van der Waals surface area (Å²) >= 11 is 2.93. The monoisotopic (exact) mass is 418 g/mol. The van der Waals surface area contributed by atoms with Crippen LogP contribution in [0.3, 0.4) is 0 Å². The van der Waals surface area contributed by atoms with Crippen LogP contribution in [-0.2, 0) is 11.3 Å². The van der Waals surface area contributed by atoms with Gasteiger partial charge in [-0.3, -0.25) is 4.79 Å². The number of aromatic nitrogens is 1. The van der Waals surface area contributed by atoms with Gasteiger partial charge in [0.1, 0.15) is 12.2 Å². The lowest BCUT2D eigenvalue weighted by atomic mass is 10.0. The van der Waals surface area contributed by atoms with Gasteiger partial charge in [-0.05, 0) is 35.7 Å². The maximum absolute atomic E-state index is 12.4. The van der Waals surface area contributed by atoms with Crippen molar-refractivity contribution >= 4 is 44.6 Å². The van der Waals surface area contributed by atoms with Crippen molar-refractivity contribution in [1.82, 2.24) is 10.3 Å². The molecule has 7 nitrogen and oxygen atoms in total. The number of thiophene rings is 1. The third kappa shape index (κ3) is 3.80. The van der Waals surface area contributed by atoms with Crippen LogP contribution in [0, 0.1) is 0 Å². The Kier molecular flexibility index (Phi) is 5.42. The fraction of sp³-hybridized carbons (Fsp3) is 0.263. The lowest BCUT2D eigenvalue weighted by Gasteiger charge is -2.30. The van der Waals surface area contributed by atoms with Crippen LogP contribution < -0.4 is 5.32 Å². The molecule has 28 heavy (non-hydrogen) atoms. The summed E-state index contributed by atoms with van der Waals surface area (Å²) in [5, 5.41) is 34.4. The van der Waals surface area contributed by atoms with Crippen molar-refractivity contribution in [2.45, 2.75) is 24.9 Å². The summed E-state index contributed by atoms with van der Waals surface area (Å²) in [7, 11) is 0. The highest BCUT2D eigenvalue weighted by Gasteiger charge is 2.33. The van der Waals surface area contributed by atoms with Gasteiger partial charge >= 0.3 is 0 Å². The molecule has 0 bridgehead atoms. The second kappa shape index (κ2) is 7.98. The average Bonchev–Trinajstić information content (AvgIpc) is 3.37. The van der Waals surface area contributed by atoms with Crippen molar-refractivity contribution in [2.75, 3.05) is 6.61 Å². The number of amides is 1. The number of hydrogen-bond donors (Lipinski definition) is 4. The number of benzene rings is 1. The third-order valence-electron chi connectivity index (χ3n) is 4.38. The molecule has 2 aromatic heterocycles. The van der Waals surface area contributed by atoms with E-state index in [1.54, 1.807) is 23.5 Å². The average molecular weight is 418 g/mol. The molecule has 3 aromatic rings. The summed E-state index contributed by atoms with van der Waals surface area (Å²) in [4.78, 5) is 18.0. The van der Waals surface area contributed by atoms with E-state index in [-0.39, 0.29) is 5.91 Å². The van der Waals surface area contributed by atoms with E-state index in [4.69, 9.17) is 4.74 Å². The van der Waals surface area contributed by atoms with E-state index in [1.165, 1.54) is 17.4 Å². The van der Waals surface area contributed by atoms with Gasteiger partial charge in [0, 0.05) is 10.4 Å². The Morgan fingerprint density at radius 2 is 2.14 bits per heavy atom. The Labute approximate surface area is 168 Å². The second-order valence-corrected chi connectivity index (χ2v) is 8.38. The van der Waals surface area contributed by atoms with E-state index < -0.39 is 24.9 Å². The van der Waals surface area contributed by atoms with Crippen molar-refractivity contribution in [3.63, 3.8) is 0 Å². The zero-order valence-corrected chi connectivity index (χ0v) is 16.2. The van der Waals surface area contributed by atoms with Crippen LogP contribution in [0.2, 0.25) is 0 Å². The lowest BCUT2D eigenvalue weighted by molar-refractivity contribution is -0.0723. The third-order valence-corrected chi connectivity index (χ3v) is 6.30. The van der Waals surface area contributed by atoms with Crippen LogP contribution in [0.25, 0.3) is 16.0 Å². The van der Waals surface area contributed by atoms with Crippen molar-refractivity contribution in [3.8, 4) is 0 Å². The highest BCUT2D eigenvalue weighted by molar-refractivity contribution is 7.19. The van der Waals surface area contributed by atoms with Crippen molar-refractivity contribution in [3.05, 3.63) is 57.2 Å². The van der Waals surface area contributed by atoms with Crippen molar-refractivity contribution in [1.29, 1.82) is 0 Å². The number of fused-ring (bicyclic) bond motifs is 1. The van der Waals surface area contributed by atoms with Gasteiger partial charge < -0.3 is 25.4 Å². The quantitative estimate of drug-likeness (QED) is 0.502. The smallest absolute Gasteiger partial charge is 0.251 e. The molecule has 1 aliphatic rings. The predicted octanol–water partition coefficient (Wildman–Crippen LogP) is 1.74. The van der Waals surface area contributed by atoms with Gasteiger partial charge in [0.15, 0.2) is 16.9 Å². The molecule has 0 unspecified atom stereocenters. The molecule has 0 radical (unpaired) electrons. The number of thiazole rings is 1. The zero-order chi connectivity index (χ0) is 19.7. The first-order valence-electron chi connectivity index (χ1n) is 8.62. The molecule has 1 amide bonds. The van der Waals surface area contributed by atoms with Gasteiger partial charge in [0.2, 0.25) is 0 Å². The van der Waals surface area contributed by atoms with Crippen LogP contribution >= 0.6 is 22.7 Å². The molecular weight excluding hydrogens is 400 g/mol. The number of ether oxygens (including phenoxy) is 1. The van der Waals surface area contributed by atoms with Crippen LogP contribution in [0.5, 0.6) is 0 Å². The molecule has 9 heteroatoms. The molecule has 1 aromatic carbocycles. The van der Waals surface area contributed by atoms with E-state index >= 15 is 0 Å². The molecule has 3 heterocycles. The molecule has 4 rings (SSSR count). The minimum absolute atomic E-state index is 0.183. The maximum Gasteiger partial charge on any atom is 0.251 e. The van der Waals surface area contributed by atoms with Gasteiger partial charge in [0.05, 0.1) is 23.4 Å². The first kappa shape index (κ1) is 19.0. The molecule has 0 spiro atoms. The Bertz CT molecular complexity index is 1010. The van der Waals surface area contributed by atoms with E-state index in [2.05, 4.69) is 10.3 Å².